The van der Waals surface area contributed by atoms with Gasteiger partial charge in [0.2, 0.25) is 5.95 Å². The molecule has 6 heteroatoms. The number of likely N-dealkylation sites (N-methyl/N-ethyl adjacent to an activating group) is 1. The second kappa shape index (κ2) is 5.84. The Morgan fingerprint density at radius 1 is 1.39 bits per heavy atom. The summed E-state index contributed by atoms with van der Waals surface area (Å²) >= 11 is 5.29. The predicted molar refractivity (Wildman–Crippen MR) is 76.6 cm³/mol. The van der Waals surface area contributed by atoms with Crippen molar-refractivity contribution in [2.45, 2.75) is 39.8 Å². The number of rotatable bonds is 4. The maximum Gasteiger partial charge on any atom is 0.225 e. The monoisotopic (exact) mass is 269 g/mol. The van der Waals surface area contributed by atoms with Crippen LogP contribution in [-0.2, 0) is 6.54 Å². The fourth-order valence-corrected chi connectivity index (χ4v) is 2.84. The van der Waals surface area contributed by atoms with Gasteiger partial charge in [0.15, 0.2) is 4.77 Å². The van der Waals surface area contributed by atoms with Gasteiger partial charge in [-0.05, 0) is 32.1 Å². The molecule has 1 aromatic heterocycles. The van der Waals surface area contributed by atoms with Crippen molar-refractivity contribution in [2.24, 2.45) is 0 Å². The van der Waals surface area contributed by atoms with E-state index in [4.69, 9.17) is 12.2 Å². The summed E-state index contributed by atoms with van der Waals surface area (Å²) in [5, 5.41) is 7.32. The van der Waals surface area contributed by atoms with Crippen molar-refractivity contribution in [3.05, 3.63) is 4.77 Å². The Bertz CT molecular complexity index is 438. The molecule has 1 aliphatic heterocycles. The molecule has 1 saturated heterocycles. The predicted octanol–water partition coefficient (Wildman–Crippen LogP) is 1.88. The van der Waals surface area contributed by atoms with Crippen LogP contribution in [0.25, 0.3) is 0 Å². The molecule has 0 saturated carbocycles. The highest BCUT2D eigenvalue weighted by molar-refractivity contribution is 7.71. The van der Waals surface area contributed by atoms with E-state index in [9.17, 15) is 0 Å². The van der Waals surface area contributed by atoms with Gasteiger partial charge in [0.1, 0.15) is 0 Å². The number of anilines is 1. The molecule has 1 N–H and O–H groups in total. The maximum atomic E-state index is 5.29. The van der Waals surface area contributed by atoms with Gasteiger partial charge in [-0.1, -0.05) is 13.8 Å². The van der Waals surface area contributed by atoms with E-state index in [0.29, 0.717) is 6.04 Å². The molecule has 0 bridgehead atoms. The van der Waals surface area contributed by atoms with Crippen LogP contribution < -0.4 is 4.90 Å². The molecule has 0 aromatic carbocycles. The summed E-state index contributed by atoms with van der Waals surface area (Å²) < 4.78 is 2.85. The van der Waals surface area contributed by atoms with E-state index in [-0.39, 0.29) is 0 Å². The Balaban J connectivity index is 2.15. The normalized spacial score (nSPS) is 21.5. The highest BCUT2D eigenvalue weighted by Gasteiger charge is 2.25. The van der Waals surface area contributed by atoms with Gasteiger partial charge in [-0.25, -0.2) is 5.10 Å². The molecule has 2 heterocycles. The molecule has 0 aliphatic carbocycles. The minimum Gasteiger partial charge on any atom is -0.338 e. The highest BCUT2D eigenvalue weighted by Crippen LogP contribution is 2.17. The van der Waals surface area contributed by atoms with E-state index in [2.05, 4.69) is 45.3 Å². The van der Waals surface area contributed by atoms with Crippen LogP contribution in [-0.4, -0.2) is 51.9 Å². The van der Waals surface area contributed by atoms with Gasteiger partial charge in [0, 0.05) is 32.2 Å². The van der Waals surface area contributed by atoms with Crippen molar-refractivity contribution in [1.82, 2.24) is 19.7 Å². The van der Waals surface area contributed by atoms with E-state index in [1.807, 2.05) is 0 Å². The second-order valence-electron chi connectivity index (χ2n) is 4.90. The first-order valence-electron chi connectivity index (χ1n) is 6.81. The number of aromatic nitrogens is 3. The van der Waals surface area contributed by atoms with Crippen molar-refractivity contribution >= 4 is 18.2 Å². The van der Waals surface area contributed by atoms with Crippen LogP contribution in [0.4, 0.5) is 5.95 Å². The molecular formula is C12H23N5S. The lowest BCUT2D eigenvalue weighted by molar-refractivity contribution is 0.198. The van der Waals surface area contributed by atoms with E-state index in [1.54, 1.807) is 0 Å². The van der Waals surface area contributed by atoms with Gasteiger partial charge in [0.25, 0.3) is 0 Å². The van der Waals surface area contributed by atoms with Crippen LogP contribution in [0.3, 0.4) is 0 Å². The zero-order valence-electron chi connectivity index (χ0n) is 11.5. The Labute approximate surface area is 114 Å². The van der Waals surface area contributed by atoms with E-state index in [0.717, 1.165) is 49.9 Å². The molecule has 1 unspecified atom stereocenters. The summed E-state index contributed by atoms with van der Waals surface area (Å²) in [6.07, 6.45) is 1.07. The van der Waals surface area contributed by atoms with Crippen molar-refractivity contribution in [2.75, 3.05) is 31.1 Å². The summed E-state index contributed by atoms with van der Waals surface area (Å²) in [5.41, 5.74) is 0. The first kappa shape index (κ1) is 13.5. The van der Waals surface area contributed by atoms with Crippen LogP contribution in [0.1, 0.15) is 27.2 Å². The lowest BCUT2D eigenvalue weighted by Gasteiger charge is -2.39. The third-order valence-electron chi connectivity index (χ3n) is 3.64. The Morgan fingerprint density at radius 3 is 2.78 bits per heavy atom. The fourth-order valence-electron chi connectivity index (χ4n) is 2.62. The number of hydrogen-bond acceptors (Lipinski definition) is 4. The number of piperazine rings is 1. The average Bonchev–Trinajstić information content (AvgIpc) is 2.72. The zero-order valence-corrected chi connectivity index (χ0v) is 12.3. The summed E-state index contributed by atoms with van der Waals surface area (Å²) in [6.45, 7) is 11.9. The van der Waals surface area contributed by atoms with Crippen molar-refractivity contribution in [3.8, 4) is 0 Å². The smallest absolute Gasteiger partial charge is 0.225 e. The molecule has 0 amide bonds. The van der Waals surface area contributed by atoms with Crippen LogP contribution >= 0.6 is 12.2 Å². The molecule has 0 spiro atoms. The SMILES string of the molecule is CCCn1c(N2CCN(CC)C(C)C2)n[nH]c1=S. The first-order chi connectivity index (χ1) is 8.67. The van der Waals surface area contributed by atoms with Crippen LogP contribution in [0.15, 0.2) is 0 Å². The molecule has 2 rings (SSSR count). The first-order valence-corrected chi connectivity index (χ1v) is 7.22. The van der Waals surface area contributed by atoms with E-state index in [1.165, 1.54) is 0 Å². The minimum absolute atomic E-state index is 0.573. The van der Waals surface area contributed by atoms with Crippen LogP contribution in [0.2, 0.25) is 0 Å². The largest absolute Gasteiger partial charge is 0.338 e. The molecular weight excluding hydrogens is 246 g/mol. The molecule has 1 fully saturated rings. The third kappa shape index (κ3) is 2.59. The summed E-state index contributed by atoms with van der Waals surface area (Å²) in [4.78, 5) is 4.85. The van der Waals surface area contributed by atoms with Crippen LogP contribution in [0.5, 0.6) is 0 Å². The van der Waals surface area contributed by atoms with Crippen LogP contribution in [0, 0.1) is 4.77 Å². The molecule has 102 valence electrons. The van der Waals surface area contributed by atoms with Crippen molar-refractivity contribution in [3.63, 3.8) is 0 Å². The minimum atomic E-state index is 0.573. The number of aromatic amines is 1. The van der Waals surface area contributed by atoms with Gasteiger partial charge >= 0.3 is 0 Å². The van der Waals surface area contributed by atoms with Gasteiger partial charge in [0.05, 0.1) is 0 Å². The summed E-state index contributed by atoms with van der Waals surface area (Å²) in [7, 11) is 0. The fraction of sp³-hybridized carbons (Fsp3) is 0.833. The molecule has 1 aromatic rings. The molecule has 1 aliphatic rings. The van der Waals surface area contributed by atoms with E-state index < -0.39 is 0 Å². The Kier molecular flexibility index (Phi) is 4.40. The third-order valence-corrected chi connectivity index (χ3v) is 3.95. The molecule has 0 radical (unpaired) electrons. The zero-order chi connectivity index (χ0) is 13.1. The van der Waals surface area contributed by atoms with Crippen molar-refractivity contribution in [1.29, 1.82) is 0 Å². The van der Waals surface area contributed by atoms with E-state index >= 15 is 0 Å². The lowest BCUT2D eigenvalue weighted by atomic mass is 10.2. The Morgan fingerprint density at radius 2 is 2.17 bits per heavy atom. The molecule has 18 heavy (non-hydrogen) atoms. The number of hydrogen-bond donors (Lipinski definition) is 1. The number of nitrogens with zero attached hydrogens (tertiary/aromatic N) is 4. The lowest BCUT2D eigenvalue weighted by Crippen LogP contribution is -2.52. The average molecular weight is 269 g/mol. The molecule has 5 nitrogen and oxygen atoms in total. The maximum absolute atomic E-state index is 5.29. The quantitative estimate of drug-likeness (QED) is 0.847. The highest BCUT2D eigenvalue weighted by atomic mass is 32.1. The standard InChI is InChI=1S/C12H23N5S/c1-4-6-17-11(13-14-12(17)18)16-8-7-15(5-2)10(3)9-16/h10H,4-9H2,1-3H3,(H,14,18). The second-order valence-corrected chi connectivity index (χ2v) is 5.29. The summed E-state index contributed by atoms with van der Waals surface area (Å²) in [5.74, 6) is 1.00. The number of H-pyrrole nitrogens is 1. The topological polar surface area (TPSA) is 40.1 Å². The van der Waals surface area contributed by atoms with Gasteiger partial charge in [-0.3, -0.25) is 9.47 Å². The Hall–Kier alpha value is -0.880. The van der Waals surface area contributed by atoms with Gasteiger partial charge in [-0.2, -0.15) is 0 Å². The summed E-state index contributed by atoms with van der Waals surface area (Å²) in [6, 6.07) is 0.573. The van der Waals surface area contributed by atoms with Gasteiger partial charge < -0.3 is 4.90 Å². The molecule has 1 atom stereocenters. The van der Waals surface area contributed by atoms with Gasteiger partial charge in [-0.15, -0.1) is 5.10 Å². The van der Waals surface area contributed by atoms with Crippen molar-refractivity contribution < 1.29 is 0 Å². The number of nitrogens with one attached hydrogen (secondary N) is 1.